The van der Waals surface area contributed by atoms with Gasteiger partial charge in [-0.3, -0.25) is 4.79 Å². The maximum Gasteiger partial charge on any atom is 0.255 e. The number of nitrogens with one attached hydrogen (secondary N) is 1. The van der Waals surface area contributed by atoms with E-state index in [1.54, 1.807) is 24.3 Å². The molecule has 3 rings (SSSR count). The highest BCUT2D eigenvalue weighted by atomic mass is 79.9. The van der Waals surface area contributed by atoms with Gasteiger partial charge in [-0.1, -0.05) is 22.0 Å². The van der Waals surface area contributed by atoms with Crippen LogP contribution in [-0.2, 0) is 10.0 Å². The number of anilines is 1. The summed E-state index contributed by atoms with van der Waals surface area (Å²) in [7, 11) is -3.53. The molecule has 24 heavy (non-hydrogen) atoms. The first kappa shape index (κ1) is 17.1. The van der Waals surface area contributed by atoms with E-state index in [0.29, 0.717) is 24.3 Å². The van der Waals surface area contributed by atoms with E-state index < -0.39 is 10.0 Å². The molecule has 1 fully saturated rings. The van der Waals surface area contributed by atoms with Gasteiger partial charge in [-0.2, -0.15) is 4.31 Å². The highest BCUT2D eigenvalue weighted by Crippen LogP contribution is 2.22. The quantitative estimate of drug-likeness (QED) is 0.841. The van der Waals surface area contributed by atoms with Crippen LogP contribution in [0.3, 0.4) is 0 Å². The van der Waals surface area contributed by atoms with Crippen molar-refractivity contribution in [1.82, 2.24) is 4.31 Å². The number of halogens is 1. The molecule has 7 heteroatoms. The van der Waals surface area contributed by atoms with Crippen LogP contribution in [0.15, 0.2) is 57.9 Å². The number of benzene rings is 2. The molecular weight excluding hydrogens is 392 g/mol. The number of amides is 1. The van der Waals surface area contributed by atoms with Gasteiger partial charge < -0.3 is 5.32 Å². The van der Waals surface area contributed by atoms with E-state index in [1.165, 1.54) is 16.4 Å². The van der Waals surface area contributed by atoms with Gasteiger partial charge in [0.15, 0.2) is 0 Å². The van der Waals surface area contributed by atoms with E-state index >= 15 is 0 Å². The smallest absolute Gasteiger partial charge is 0.255 e. The number of carbonyl (C=O) groups is 1. The Morgan fingerprint density at radius 3 is 2.38 bits per heavy atom. The van der Waals surface area contributed by atoms with Crippen LogP contribution in [0.25, 0.3) is 0 Å². The summed E-state index contributed by atoms with van der Waals surface area (Å²) in [5.74, 6) is -0.337. The van der Waals surface area contributed by atoms with E-state index in [-0.39, 0.29) is 10.8 Å². The molecule has 2 aromatic rings. The Morgan fingerprint density at radius 2 is 1.71 bits per heavy atom. The van der Waals surface area contributed by atoms with Gasteiger partial charge >= 0.3 is 0 Å². The van der Waals surface area contributed by atoms with Crippen molar-refractivity contribution < 1.29 is 13.2 Å². The fourth-order valence-corrected chi connectivity index (χ4v) is 4.44. The van der Waals surface area contributed by atoms with Gasteiger partial charge in [0.05, 0.1) is 4.90 Å². The predicted molar refractivity (Wildman–Crippen MR) is 96.5 cm³/mol. The van der Waals surface area contributed by atoms with Crippen molar-refractivity contribution in [2.24, 2.45) is 0 Å². The molecule has 2 aromatic carbocycles. The summed E-state index contributed by atoms with van der Waals surface area (Å²) in [5, 5.41) is 2.77. The zero-order valence-electron chi connectivity index (χ0n) is 12.9. The Labute approximate surface area is 149 Å². The third-order valence-corrected chi connectivity index (χ3v) is 6.32. The minimum Gasteiger partial charge on any atom is -0.322 e. The number of rotatable bonds is 4. The standard InChI is InChI=1S/C17H17BrN2O3S/c18-14-6-8-15(9-7-14)19-17(21)13-4-3-5-16(12-13)24(22,23)20-10-1-2-11-20/h3-9,12H,1-2,10-11H2,(H,19,21). The van der Waals surface area contributed by atoms with Crippen LogP contribution in [0.5, 0.6) is 0 Å². The molecule has 1 heterocycles. The number of sulfonamides is 1. The van der Waals surface area contributed by atoms with Crippen LogP contribution in [0, 0.1) is 0 Å². The number of nitrogens with zero attached hydrogens (tertiary/aromatic N) is 1. The Kier molecular flexibility index (Phi) is 5.03. The first-order valence-electron chi connectivity index (χ1n) is 7.64. The van der Waals surface area contributed by atoms with Gasteiger partial charge in [-0.05, 0) is 55.3 Å². The lowest BCUT2D eigenvalue weighted by atomic mass is 10.2. The molecule has 1 aliphatic heterocycles. The summed E-state index contributed by atoms with van der Waals surface area (Å²) in [6.07, 6.45) is 1.76. The lowest BCUT2D eigenvalue weighted by Gasteiger charge is -2.16. The van der Waals surface area contributed by atoms with Crippen molar-refractivity contribution in [2.45, 2.75) is 17.7 Å². The first-order valence-corrected chi connectivity index (χ1v) is 9.87. The Balaban J connectivity index is 1.82. The van der Waals surface area contributed by atoms with Crippen LogP contribution in [0.2, 0.25) is 0 Å². The maximum absolute atomic E-state index is 12.6. The van der Waals surface area contributed by atoms with E-state index in [9.17, 15) is 13.2 Å². The van der Waals surface area contributed by atoms with Gasteiger partial charge in [-0.25, -0.2) is 8.42 Å². The summed E-state index contributed by atoms with van der Waals surface area (Å²) in [5.41, 5.74) is 0.967. The summed E-state index contributed by atoms with van der Waals surface area (Å²) >= 11 is 3.34. The van der Waals surface area contributed by atoms with Gasteiger partial charge in [0.2, 0.25) is 10.0 Å². The average molecular weight is 409 g/mol. The molecule has 1 aliphatic rings. The number of hydrogen-bond donors (Lipinski definition) is 1. The Morgan fingerprint density at radius 1 is 1.04 bits per heavy atom. The minimum atomic E-state index is -3.53. The van der Waals surface area contributed by atoms with Crippen molar-refractivity contribution in [3.05, 3.63) is 58.6 Å². The molecule has 0 atom stereocenters. The van der Waals surface area contributed by atoms with E-state index in [2.05, 4.69) is 21.2 Å². The van der Waals surface area contributed by atoms with Crippen molar-refractivity contribution in [2.75, 3.05) is 18.4 Å². The second-order valence-electron chi connectivity index (χ2n) is 5.60. The normalized spacial score (nSPS) is 15.4. The monoisotopic (exact) mass is 408 g/mol. The second kappa shape index (κ2) is 7.04. The second-order valence-corrected chi connectivity index (χ2v) is 8.45. The van der Waals surface area contributed by atoms with E-state index in [0.717, 1.165) is 17.3 Å². The molecular formula is C17H17BrN2O3S. The summed E-state index contributed by atoms with van der Waals surface area (Å²) in [4.78, 5) is 12.5. The highest BCUT2D eigenvalue weighted by molar-refractivity contribution is 9.10. The molecule has 126 valence electrons. The zero-order chi connectivity index (χ0) is 17.2. The van der Waals surface area contributed by atoms with Crippen LogP contribution >= 0.6 is 15.9 Å². The van der Waals surface area contributed by atoms with Gasteiger partial charge in [0.25, 0.3) is 5.91 Å². The fraction of sp³-hybridized carbons (Fsp3) is 0.235. The topological polar surface area (TPSA) is 66.5 Å². The molecule has 0 radical (unpaired) electrons. The highest BCUT2D eigenvalue weighted by Gasteiger charge is 2.27. The van der Waals surface area contributed by atoms with Gasteiger partial charge in [0, 0.05) is 28.8 Å². The average Bonchev–Trinajstić information content (AvgIpc) is 3.12. The molecule has 1 N–H and O–H groups in total. The van der Waals surface area contributed by atoms with E-state index in [4.69, 9.17) is 0 Å². The molecule has 0 saturated carbocycles. The lowest BCUT2D eigenvalue weighted by Crippen LogP contribution is -2.28. The fourth-order valence-electron chi connectivity index (χ4n) is 2.61. The summed E-state index contributed by atoms with van der Waals surface area (Å²) < 4.78 is 27.6. The summed E-state index contributed by atoms with van der Waals surface area (Å²) in [6.45, 7) is 1.08. The summed E-state index contributed by atoms with van der Waals surface area (Å²) in [6, 6.07) is 13.4. The SMILES string of the molecule is O=C(Nc1ccc(Br)cc1)c1cccc(S(=O)(=O)N2CCCC2)c1. The number of hydrogen-bond acceptors (Lipinski definition) is 3. The third kappa shape index (κ3) is 3.68. The number of carbonyl (C=O) groups excluding carboxylic acids is 1. The molecule has 0 aromatic heterocycles. The molecule has 0 unspecified atom stereocenters. The molecule has 0 spiro atoms. The lowest BCUT2D eigenvalue weighted by molar-refractivity contribution is 0.102. The molecule has 0 bridgehead atoms. The Hall–Kier alpha value is -1.70. The Bertz CT molecular complexity index is 844. The zero-order valence-corrected chi connectivity index (χ0v) is 15.3. The van der Waals surface area contributed by atoms with Gasteiger partial charge in [0.1, 0.15) is 0 Å². The van der Waals surface area contributed by atoms with E-state index in [1.807, 2.05) is 12.1 Å². The third-order valence-electron chi connectivity index (χ3n) is 3.90. The van der Waals surface area contributed by atoms with Crippen LogP contribution in [0.4, 0.5) is 5.69 Å². The van der Waals surface area contributed by atoms with Crippen LogP contribution < -0.4 is 5.32 Å². The minimum absolute atomic E-state index is 0.160. The molecule has 5 nitrogen and oxygen atoms in total. The van der Waals surface area contributed by atoms with Crippen LogP contribution in [0.1, 0.15) is 23.2 Å². The molecule has 1 amide bonds. The van der Waals surface area contributed by atoms with Crippen molar-refractivity contribution in [3.8, 4) is 0 Å². The predicted octanol–water partition coefficient (Wildman–Crippen LogP) is 3.49. The molecule has 1 saturated heterocycles. The molecule has 0 aliphatic carbocycles. The van der Waals surface area contributed by atoms with Gasteiger partial charge in [-0.15, -0.1) is 0 Å². The largest absolute Gasteiger partial charge is 0.322 e. The maximum atomic E-state index is 12.6. The first-order chi connectivity index (χ1) is 11.5. The van der Waals surface area contributed by atoms with Crippen molar-refractivity contribution in [1.29, 1.82) is 0 Å². The van der Waals surface area contributed by atoms with Crippen molar-refractivity contribution >= 4 is 37.5 Å². The van der Waals surface area contributed by atoms with Crippen molar-refractivity contribution in [3.63, 3.8) is 0 Å². The van der Waals surface area contributed by atoms with Crippen LogP contribution in [-0.4, -0.2) is 31.7 Å².